The van der Waals surface area contributed by atoms with Gasteiger partial charge < -0.3 is 14.8 Å². The molecule has 24 heavy (non-hydrogen) atoms. The van der Waals surface area contributed by atoms with E-state index < -0.39 is 11.9 Å². The number of ether oxygens (including phenoxy) is 2. The molecule has 3 aliphatic rings. The molecule has 2 unspecified atom stereocenters. The first-order valence-electron chi connectivity index (χ1n) is 8.05. The zero-order valence-corrected chi connectivity index (χ0v) is 14.1. The molecule has 0 spiro atoms. The van der Waals surface area contributed by atoms with Crippen LogP contribution in [0.4, 0.5) is 0 Å². The van der Waals surface area contributed by atoms with Crippen molar-refractivity contribution < 1.29 is 19.1 Å². The van der Waals surface area contributed by atoms with Crippen LogP contribution in [0.2, 0.25) is 0 Å². The molecule has 1 amide bonds. The first kappa shape index (κ1) is 16.9. The fourth-order valence-corrected chi connectivity index (χ4v) is 3.17. The Morgan fingerprint density at radius 3 is 3.08 bits per heavy atom. The molecule has 1 aliphatic carbocycles. The largest absolute Gasteiger partial charge is 0.462 e. The number of carbonyl (C=O) groups excluding carboxylic acids is 2. The summed E-state index contributed by atoms with van der Waals surface area (Å²) in [4.78, 5) is 28.6. The maximum atomic E-state index is 12.4. The van der Waals surface area contributed by atoms with Crippen molar-refractivity contribution in [2.45, 2.75) is 25.9 Å². The molecule has 1 N–H and O–H groups in total. The minimum Gasteiger partial charge on any atom is -0.462 e. The summed E-state index contributed by atoms with van der Waals surface area (Å²) in [6.45, 7) is 3.16. The quantitative estimate of drug-likeness (QED) is 0.605. The van der Waals surface area contributed by atoms with Crippen LogP contribution >= 0.6 is 11.6 Å². The highest BCUT2D eigenvalue weighted by Crippen LogP contribution is 2.29. The summed E-state index contributed by atoms with van der Waals surface area (Å²) < 4.78 is 10.6. The Kier molecular flexibility index (Phi) is 5.16. The predicted molar refractivity (Wildman–Crippen MR) is 89.6 cm³/mol. The summed E-state index contributed by atoms with van der Waals surface area (Å²) in [5.41, 5.74) is 0.991. The standard InChI is InChI=1S/C17H19ClN2O4/c1-2-23-17(22)14-15(19-9-11-4-3-7-24-11)12-6-5-10(18)8-13(12)20-16(14)21/h5-6,8,11-12,19H,2-4,7,9H2,1H3. The molecule has 2 atom stereocenters. The van der Waals surface area contributed by atoms with Gasteiger partial charge in [0.25, 0.3) is 5.91 Å². The number of fused-ring (bicyclic) bond motifs is 1. The molecular formula is C17H19ClN2O4. The average molecular weight is 351 g/mol. The van der Waals surface area contributed by atoms with Gasteiger partial charge in [-0.2, -0.15) is 0 Å². The number of hydrogen-bond acceptors (Lipinski definition) is 5. The first-order chi connectivity index (χ1) is 11.6. The van der Waals surface area contributed by atoms with Crippen LogP contribution in [0.15, 0.2) is 39.5 Å². The first-order valence-corrected chi connectivity index (χ1v) is 8.43. The Morgan fingerprint density at radius 2 is 2.38 bits per heavy atom. The van der Waals surface area contributed by atoms with Gasteiger partial charge in [0, 0.05) is 23.9 Å². The van der Waals surface area contributed by atoms with E-state index in [1.807, 2.05) is 6.08 Å². The number of halogens is 1. The summed E-state index contributed by atoms with van der Waals surface area (Å²) in [5, 5.41) is 3.72. The van der Waals surface area contributed by atoms with E-state index >= 15 is 0 Å². The molecule has 3 rings (SSSR count). The third kappa shape index (κ3) is 3.44. The molecule has 0 saturated carbocycles. The van der Waals surface area contributed by atoms with E-state index in [0.717, 1.165) is 19.4 Å². The second kappa shape index (κ2) is 7.32. The SMILES string of the molecule is CCOC(=O)C1=C(NCC2CCCO2)C2C=CC(Cl)=CC2=NC1=O. The Labute approximate surface area is 145 Å². The molecule has 2 aliphatic heterocycles. The average Bonchev–Trinajstić information content (AvgIpc) is 3.05. The van der Waals surface area contributed by atoms with E-state index in [-0.39, 0.29) is 24.2 Å². The molecule has 1 fully saturated rings. The molecular weight excluding hydrogens is 332 g/mol. The topological polar surface area (TPSA) is 77.0 Å². The number of hydrogen-bond donors (Lipinski definition) is 1. The van der Waals surface area contributed by atoms with Gasteiger partial charge in [-0.15, -0.1) is 0 Å². The number of nitrogens with one attached hydrogen (secondary N) is 1. The van der Waals surface area contributed by atoms with Crippen LogP contribution < -0.4 is 5.32 Å². The lowest BCUT2D eigenvalue weighted by Crippen LogP contribution is -2.38. The Morgan fingerprint density at radius 1 is 1.54 bits per heavy atom. The molecule has 2 heterocycles. The van der Waals surface area contributed by atoms with E-state index in [1.54, 1.807) is 19.1 Å². The van der Waals surface area contributed by atoms with Crippen LogP contribution in [0.3, 0.4) is 0 Å². The smallest absolute Gasteiger partial charge is 0.345 e. The molecule has 7 heteroatoms. The molecule has 6 nitrogen and oxygen atoms in total. The highest BCUT2D eigenvalue weighted by Gasteiger charge is 2.35. The normalized spacial score (nSPS) is 26.0. The van der Waals surface area contributed by atoms with Crippen LogP contribution in [-0.4, -0.2) is 43.5 Å². The van der Waals surface area contributed by atoms with E-state index in [2.05, 4.69) is 10.3 Å². The lowest BCUT2D eigenvalue weighted by atomic mass is 9.88. The molecule has 0 radical (unpaired) electrons. The predicted octanol–water partition coefficient (Wildman–Crippen LogP) is 1.86. The van der Waals surface area contributed by atoms with Gasteiger partial charge in [-0.05, 0) is 31.9 Å². The van der Waals surface area contributed by atoms with E-state index in [4.69, 9.17) is 21.1 Å². The number of aliphatic imine (C=N–C) groups is 1. The van der Waals surface area contributed by atoms with Gasteiger partial charge in [-0.1, -0.05) is 17.7 Å². The minimum absolute atomic E-state index is 0.0420. The summed E-state index contributed by atoms with van der Waals surface area (Å²) in [6, 6.07) is 0. The maximum Gasteiger partial charge on any atom is 0.345 e. The number of allylic oxidation sites excluding steroid dienone is 4. The van der Waals surface area contributed by atoms with Crippen molar-refractivity contribution in [1.82, 2.24) is 5.32 Å². The number of esters is 1. The number of rotatable bonds is 5. The number of amides is 1. The minimum atomic E-state index is -0.658. The maximum absolute atomic E-state index is 12.4. The highest BCUT2D eigenvalue weighted by atomic mass is 35.5. The summed E-state index contributed by atoms with van der Waals surface area (Å²) >= 11 is 6.00. The van der Waals surface area contributed by atoms with Crippen molar-refractivity contribution in [3.63, 3.8) is 0 Å². The molecule has 0 aromatic carbocycles. The lowest BCUT2D eigenvalue weighted by Gasteiger charge is -2.27. The van der Waals surface area contributed by atoms with E-state index in [9.17, 15) is 9.59 Å². The molecule has 0 bridgehead atoms. The van der Waals surface area contributed by atoms with Gasteiger partial charge in [0.15, 0.2) is 0 Å². The van der Waals surface area contributed by atoms with Crippen molar-refractivity contribution in [3.8, 4) is 0 Å². The van der Waals surface area contributed by atoms with Crippen LogP contribution in [0.5, 0.6) is 0 Å². The van der Waals surface area contributed by atoms with Crippen molar-refractivity contribution in [2.24, 2.45) is 10.9 Å². The van der Waals surface area contributed by atoms with Gasteiger partial charge >= 0.3 is 5.97 Å². The van der Waals surface area contributed by atoms with Crippen molar-refractivity contribution >= 4 is 29.2 Å². The van der Waals surface area contributed by atoms with Gasteiger partial charge in [0.05, 0.1) is 24.3 Å². The molecule has 128 valence electrons. The second-order valence-corrected chi connectivity index (χ2v) is 6.17. The summed E-state index contributed by atoms with van der Waals surface area (Å²) in [6.07, 6.45) is 7.24. The van der Waals surface area contributed by atoms with E-state index in [1.165, 1.54) is 0 Å². The Balaban J connectivity index is 1.90. The van der Waals surface area contributed by atoms with E-state index in [0.29, 0.717) is 23.0 Å². The lowest BCUT2D eigenvalue weighted by molar-refractivity contribution is -0.140. The zero-order valence-electron chi connectivity index (χ0n) is 13.4. The molecule has 0 aromatic heterocycles. The summed E-state index contributed by atoms with van der Waals surface area (Å²) in [5.74, 6) is -1.58. The van der Waals surface area contributed by atoms with Gasteiger partial charge in [0.2, 0.25) is 0 Å². The third-order valence-electron chi connectivity index (χ3n) is 4.10. The fourth-order valence-electron chi connectivity index (χ4n) is 2.98. The van der Waals surface area contributed by atoms with Crippen molar-refractivity contribution in [3.05, 3.63) is 34.5 Å². The molecule has 0 aromatic rings. The summed E-state index contributed by atoms with van der Waals surface area (Å²) in [7, 11) is 0. The second-order valence-electron chi connectivity index (χ2n) is 5.73. The monoisotopic (exact) mass is 350 g/mol. The van der Waals surface area contributed by atoms with Crippen molar-refractivity contribution in [1.29, 1.82) is 0 Å². The third-order valence-corrected chi connectivity index (χ3v) is 4.34. The van der Waals surface area contributed by atoms with Crippen LogP contribution in [0.1, 0.15) is 19.8 Å². The van der Waals surface area contributed by atoms with Gasteiger partial charge in [-0.25, -0.2) is 9.79 Å². The number of nitrogens with zero attached hydrogens (tertiary/aromatic N) is 1. The van der Waals surface area contributed by atoms with Gasteiger partial charge in [0.1, 0.15) is 5.57 Å². The number of dihydropyridines is 1. The number of carbonyl (C=O) groups is 2. The van der Waals surface area contributed by atoms with Crippen LogP contribution in [0, 0.1) is 5.92 Å². The van der Waals surface area contributed by atoms with Crippen LogP contribution in [-0.2, 0) is 19.1 Å². The van der Waals surface area contributed by atoms with Crippen LogP contribution in [0.25, 0.3) is 0 Å². The Hall–Kier alpha value is -1.92. The molecule has 1 saturated heterocycles. The highest BCUT2D eigenvalue weighted by molar-refractivity contribution is 6.34. The van der Waals surface area contributed by atoms with Crippen molar-refractivity contribution in [2.75, 3.05) is 19.8 Å². The van der Waals surface area contributed by atoms with Gasteiger partial charge in [-0.3, -0.25) is 4.79 Å². The Bertz CT molecular complexity index is 672. The zero-order chi connectivity index (χ0) is 17.1. The fraction of sp³-hybridized carbons (Fsp3) is 0.471.